The van der Waals surface area contributed by atoms with Crippen LogP contribution in [0.1, 0.15) is 40.9 Å². The van der Waals surface area contributed by atoms with Crippen LogP contribution >= 0.6 is 22.9 Å². The van der Waals surface area contributed by atoms with Gasteiger partial charge in [0.1, 0.15) is 5.75 Å². The van der Waals surface area contributed by atoms with Gasteiger partial charge in [0, 0.05) is 16.6 Å². The van der Waals surface area contributed by atoms with Gasteiger partial charge in [0.25, 0.3) is 15.9 Å². The van der Waals surface area contributed by atoms with Crippen molar-refractivity contribution in [2.24, 2.45) is 0 Å². The molecule has 0 saturated heterocycles. The highest BCUT2D eigenvalue weighted by molar-refractivity contribution is 7.91. The van der Waals surface area contributed by atoms with E-state index in [1.807, 2.05) is 26.0 Å². The Morgan fingerprint density at radius 1 is 1.19 bits per heavy atom. The number of amides is 1. The first-order valence-electron chi connectivity index (χ1n) is 9.30. The van der Waals surface area contributed by atoms with Crippen LogP contribution in [0.2, 0.25) is 5.02 Å². The Hall–Kier alpha value is -2.53. The number of nitrogens with zero attached hydrogens (tertiary/aromatic N) is 2. The van der Waals surface area contributed by atoms with Gasteiger partial charge in [-0.05, 0) is 54.8 Å². The number of carbonyl (C=O) groups is 1. The second-order valence-electron chi connectivity index (χ2n) is 6.65. The third-order valence-electron chi connectivity index (χ3n) is 4.49. The van der Waals surface area contributed by atoms with Gasteiger partial charge in [-0.15, -0.1) is 10.2 Å². The number of aryl methyl sites for hydroxylation is 1. The van der Waals surface area contributed by atoms with E-state index in [9.17, 15) is 13.2 Å². The molecular weight excluding hydrogens is 460 g/mol. The molecule has 0 saturated carbocycles. The molecule has 31 heavy (non-hydrogen) atoms. The van der Waals surface area contributed by atoms with E-state index in [2.05, 4.69) is 20.2 Å². The lowest BCUT2D eigenvalue weighted by Gasteiger charge is -2.17. The molecule has 0 aliphatic heterocycles. The number of nitrogens with one attached hydrogen (secondary N) is 2. The van der Waals surface area contributed by atoms with Crippen molar-refractivity contribution >= 4 is 44.0 Å². The summed E-state index contributed by atoms with van der Waals surface area (Å²) in [7, 11) is -2.35. The van der Waals surface area contributed by atoms with Crippen LogP contribution in [0.5, 0.6) is 5.75 Å². The molecule has 8 nitrogen and oxygen atoms in total. The van der Waals surface area contributed by atoms with Crippen LogP contribution in [0, 0.1) is 6.92 Å². The number of methoxy groups -OCH3 is 1. The molecule has 164 valence electrons. The molecule has 1 unspecified atom stereocenters. The van der Waals surface area contributed by atoms with E-state index in [4.69, 9.17) is 16.3 Å². The lowest BCUT2D eigenvalue weighted by molar-refractivity contribution is 0.102. The summed E-state index contributed by atoms with van der Waals surface area (Å²) in [5.74, 6) is 0.288. The molecule has 0 aliphatic rings. The number of anilines is 1. The third kappa shape index (κ3) is 5.59. The summed E-state index contributed by atoms with van der Waals surface area (Å²) in [6.45, 7) is 3.77. The van der Waals surface area contributed by atoms with Crippen molar-refractivity contribution in [2.75, 3.05) is 12.4 Å². The summed E-state index contributed by atoms with van der Waals surface area (Å²) in [4.78, 5) is 12.3. The molecule has 0 fully saturated rings. The molecule has 1 aromatic heterocycles. The van der Waals surface area contributed by atoms with Crippen molar-refractivity contribution in [3.05, 3.63) is 64.2 Å². The SMILES string of the molecule is CCC(NS(=O)(=O)c1nnc(NC(=O)c2ccc(Cl)cc2)s1)c1ccc(OC)c(C)c1. The largest absolute Gasteiger partial charge is 0.496 e. The lowest BCUT2D eigenvalue weighted by Crippen LogP contribution is -2.28. The van der Waals surface area contributed by atoms with E-state index in [0.717, 1.165) is 28.2 Å². The Labute approximate surface area is 189 Å². The summed E-state index contributed by atoms with van der Waals surface area (Å²) in [5.41, 5.74) is 2.08. The van der Waals surface area contributed by atoms with Crippen molar-refractivity contribution in [1.82, 2.24) is 14.9 Å². The first kappa shape index (κ1) is 23.1. The second kappa shape index (κ2) is 9.73. The minimum absolute atomic E-state index is 0.0775. The molecule has 0 aliphatic carbocycles. The number of aromatic nitrogens is 2. The number of rotatable bonds is 8. The van der Waals surface area contributed by atoms with Gasteiger partial charge >= 0.3 is 0 Å². The molecule has 2 N–H and O–H groups in total. The number of sulfonamides is 1. The van der Waals surface area contributed by atoms with Gasteiger partial charge in [0.2, 0.25) is 9.47 Å². The van der Waals surface area contributed by atoms with Crippen molar-refractivity contribution in [3.63, 3.8) is 0 Å². The molecule has 11 heteroatoms. The Balaban J connectivity index is 1.74. The number of hydrogen-bond acceptors (Lipinski definition) is 7. The standard InChI is InChI=1S/C20H21ClN4O4S2/c1-4-16(14-7-10-17(29-3)12(2)11-14)25-31(27,28)20-24-23-19(30-20)22-18(26)13-5-8-15(21)9-6-13/h5-11,16,25H,4H2,1-3H3,(H,22,23,26). The maximum atomic E-state index is 12.8. The number of carbonyl (C=O) groups excluding carboxylic acids is 1. The molecule has 1 heterocycles. The maximum absolute atomic E-state index is 12.8. The third-order valence-corrected chi connectivity index (χ3v) is 7.42. The van der Waals surface area contributed by atoms with Crippen molar-refractivity contribution in [2.45, 2.75) is 30.6 Å². The molecule has 1 amide bonds. The van der Waals surface area contributed by atoms with Gasteiger partial charge < -0.3 is 4.74 Å². The quantitative estimate of drug-likeness (QED) is 0.468. The number of ether oxygens (including phenoxy) is 1. The zero-order chi connectivity index (χ0) is 22.6. The van der Waals surface area contributed by atoms with E-state index in [0.29, 0.717) is 17.0 Å². The normalized spacial score (nSPS) is 12.4. The van der Waals surface area contributed by atoms with E-state index in [1.165, 1.54) is 0 Å². The minimum Gasteiger partial charge on any atom is -0.496 e. The zero-order valence-corrected chi connectivity index (χ0v) is 19.4. The van der Waals surface area contributed by atoms with Gasteiger partial charge in [-0.3, -0.25) is 10.1 Å². The van der Waals surface area contributed by atoms with Crippen LogP contribution < -0.4 is 14.8 Å². The highest BCUT2D eigenvalue weighted by Gasteiger charge is 2.25. The Kier molecular flexibility index (Phi) is 7.26. The van der Waals surface area contributed by atoms with Crippen LogP contribution in [0.25, 0.3) is 0 Å². The van der Waals surface area contributed by atoms with Gasteiger partial charge in [-0.25, -0.2) is 13.1 Å². The molecule has 2 aromatic carbocycles. The molecule has 1 atom stereocenters. The average Bonchev–Trinajstić information content (AvgIpc) is 3.22. The van der Waals surface area contributed by atoms with E-state index < -0.39 is 22.0 Å². The smallest absolute Gasteiger partial charge is 0.270 e. The van der Waals surface area contributed by atoms with Crippen LogP contribution in [0.15, 0.2) is 46.8 Å². The first-order chi connectivity index (χ1) is 14.7. The number of halogens is 1. The first-order valence-corrected chi connectivity index (χ1v) is 12.0. The number of hydrogen-bond donors (Lipinski definition) is 2. The topological polar surface area (TPSA) is 110 Å². The summed E-state index contributed by atoms with van der Waals surface area (Å²) < 4.78 is 33.4. The Morgan fingerprint density at radius 2 is 1.90 bits per heavy atom. The van der Waals surface area contributed by atoms with Crippen LogP contribution in [0.4, 0.5) is 5.13 Å². The second-order valence-corrected chi connectivity index (χ2v) is 9.95. The predicted molar refractivity (Wildman–Crippen MR) is 120 cm³/mol. The monoisotopic (exact) mass is 480 g/mol. The average molecular weight is 481 g/mol. The highest BCUT2D eigenvalue weighted by Crippen LogP contribution is 2.27. The van der Waals surface area contributed by atoms with Gasteiger partial charge in [0.05, 0.1) is 7.11 Å². The van der Waals surface area contributed by atoms with Crippen molar-refractivity contribution < 1.29 is 17.9 Å². The Bertz CT molecular complexity index is 1180. The molecular formula is C20H21ClN4O4S2. The van der Waals surface area contributed by atoms with Crippen LogP contribution in [0.3, 0.4) is 0 Å². The zero-order valence-electron chi connectivity index (χ0n) is 17.0. The van der Waals surface area contributed by atoms with Crippen LogP contribution in [-0.4, -0.2) is 31.6 Å². The highest BCUT2D eigenvalue weighted by atomic mass is 35.5. The van der Waals surface area contributed by atoms with E-state index in [-0.39, 0.29) is 9.47 Å². The van der Waals surface area contributed by atoms with Gasteiger partial charge in [-0.1, -0.05) is 42.0 Å². The molecule has 0 spiro atoms. The summed E-state index contributed by atoms with van der Waals surface area (Å²) in [6.07, 6.45) is 0.532. The van der Waals surface area contributed by atoms with Crippen molar-refractivity contribution in [3.8, 4) is 5.75 Å². The van der Waals surface area contributed by atoms with Gasteiger partial charge in [-0.2, -0.15) is 0 Å². The fourth-order valence-electron chi connectivity index (χ4n) is 2.88. The fourth-order valence-corrected chi connectivity index (χ4v) is 5.23. The van der Waals surface area contributed by atoms with Gasteiger partial charge in [0.15, 0.2) is 0 Å². The number of benzene rings is 2. The minimum atomic E-state index is -3.94. The molecule has 0 bridgehead atoms. The predicted octanol–water partition coefficient (Wildman–Crippen LogP) is 4.19. The van der Waals surface area contributed by atoms with E-state index >= 15 is 0 Å². The molecule has 3 aromatic rings. The van der Waals surface area contributed by atoms with Crippen molar-refractivity contribution in [1.29, 1.82) is 0 Å². The van der Waals surface area contributed by atoms with Crippen LogP contribution in [-0.2, 0) is 10.0 Å². The lowest BCUT2D eigenvalue weighted by atomic mass is 10.0. The molecule has 3 rings (SSSR count). The van der Waals surface area contributed by atoms with E-state index in [1.54, 1.807) is 37.4 Å². The summed E-state index contributed by atoms with van der Waals surface area (Å²) >= 11 is 6.59. The Morgan fingerprint density at radius 3 is 2.52 bits per heavy atom. The summed E-state index contributed by atoms with van der Waals surface area (Å²) in [5, 5.41) is 10.6. The summed E-state index contributed by atoms with van der Waals surface area (Å²) in [6, 6.07) is 11.3. The molecule has 0 radical (unpaired) electrons. The fraction of sp³-hybridized carbons (Fsp3) is 0.250. The maximum Gasteiger partial charge on any atom is 0.270 e.